The molecule has 31 heavy (non-hydrogen) atoms. The quantitative estimate of drug-likeness (QED) is 0.376. The Hall–Kier alpha value is -2.43. The lowest BCUT2D eigenvalue weighted by atomic mass is 9.87. The lowest BCUT2D eigenvalue weighted by molar-refractivity contribution is -0.211. The molecule has 0 aromatic carbocycles. The summed E-state index contributed by atoms with van der Waals surface area (Å²) in [4.78, 5) is 16.0. The van der Waals surface area contributed by atoms with Crippen molar-refractivity contribution < 1.29 is 36.2 Å². The lowest BCUT2D eigenvalue weighted by Crippen LogP contribution is -2.34. The van der Waals surface area contributed by atoms with Crippen LogP contribution in [0.2, 0.25) is 5.02 Å². The molecule has 12 heteroatoms. The molecule has 0 radical (unpaired) electrons. The van der Waals surface area contributed by atoms with E-state index in [0.717, 1.165) is 13.8 Å². The van der Waals surface area contributed by atoms with Crippen molar-refractivity contribution in [2.75, 3.05) is 6.61 Å². The number of hydrogen-bond donors (Lipinski definition) is 0. The second-order valence-corrected chi connectivity index (χ2v) is 7.52. The van der Waals surface area contributed by atoms with E-state index in [4.69, 9.17) is 16.3 Å². The first-order valence-electron chi connectivity index (χ1n) is 9.27. The Morgan fingerprint density at radius 1 is 1.23 bits per heavy atom. The van der Waals surface area contributed by atoms with E-state index in [0.29, 0.717) is 0 Å². The van der Waals surface area contributed by atoms with Crippen LogP contribution in [-0.4, -0.2) is 40.1 Å². The second kappa shape index (κ2) is 9.37. The molecule has 0 spiro atoms. The molecule has 2 aromatic heterocycles. The minimum atomic E-state index is -4.53. The average Bonchev–Trinajstić information content (AvgIpc) is 2.97. The van der Waals surface area contributed by atoms with Crippen molar-refractivity contribution in [2.45, 2.75) is 53.4 Å². The van der Waals surface area contributed by atoms with E-state index in [-0.39, 0.29) is 40.8 Å². The zero-order valence-corrected chi connectivity index (χ0v) is 17.9. The molecule has 0 aliphatic carbocycles. The van der Waals surface area contributed by atoms with Crippen LogP contribution >= 0.6 is 11.6 Å². The number of halogens is 6. The van der Waals surface area contributed by atoms with Crippen LogP contribution < -0.4 is 4.74 Å². The summed E-state index contributed by atoms with van der Waals surface area (Å²) in [5.74, 6) is -1.44. The Morgan fingerprint density at radius 3 is 2.39 bits per heavy atom. The van der Waals surface area contributed by atoms with Gasteiger partial charge < -0.3 is 9.47 Å². The Morgan fingerprint density at radius 2 is 1.87 bits per heavy atom. The van der Waals surface area contributed by atoms with E-state index < -0.39 is 36.5 Å². The van der Waals surface area contributed by atoms with E-state index in [1.165, 1.54) is 16.8 Å². The fourth-order valence-corrected chi connectivity index (χ4v) is 3.06. The third kappa shape index (κ3) is 5.44. The van der Waals surface area contributed by atoms with Crippen LogP contribution in [0.25, 0.3) is 11.3 Å². The fourth-order valence-electron chi connectivity index (χ4n) is 2.74. The predicted molar refractivity (Wildman–Crippen MR) is 102 cm³/mol. The summed E-state index contributed by atoms with van der Waals surface area (Å²) in [5.41, 5.74) is -2.48. The largest absolute Gasteiger partial charge is 0.461 e. The van der Waals surface area contributed by atoms with Crippen molar-refractivity contribution in [3.8, 4) is 17.1 Å². The van der Waals surface area contributed by atoms with E-state index >= 15 is 0 Å². The van der Waals surface area contributed by atoms with Crippen molar-refractivity contribution in [3.05, 3.63) is 28.5 Å². The molecule has 172 valence electrons. The van der Waals surface area contributed by atoms with Gasteiger partial charge in [-0.05, 0) is 26.0 Å². The van der Waals surface area contributed by atoms with Crippen molar-refractivity contribution in [1.82, 2.24) is 14.8 Å². The van der Waals surface area contributed by atoms with Gasteiger partial charge in [0, 0.05) is 18.7 Å². The molecule has 0 bridgehead atoms. The van der Waals surface area contributed by atoms with E-state index in [1.807, 2.05) is 0 Å². The maximum atomic E-state index is 13.2. The molecule has 0 amide bonds. The van der Waals surface area contributed by atoms with Gasteiger partial charge in [-0.25, -0.2) is 9.78 Å². The van der Waals surface area contributed by atoms with Gasteiger partial charge in [0.1, 0.15) is 5.02 Å². The van der Waals surface area contributed by atoms with Crippen molar-refractivity contribution >= 4 is 17.6 Å². The van der Waals surface area contributed by atoms with Gasteiger partial charge in [-0.1, -0.05) is 25.4 Å². The lowest BCUT2D eigenvalue weighted by Gasteiger charge is -2.27. The number of carbonyl (C=O) groups excluding carboxylic acids is 1. The number of hydrogen-bond acceptors (Lipinski definition) is 5. The molecule has 0 fully saturated rings. The van der Waals surface area contributed by atoms with Gasteiger partial charge in [0.25, 0.3) is 0 Å². The molecule has 0 saturated carbocycles. The summed E-state index contributed by atoms with van der Waals surface area (Å²) in [7, 11) is 0. The van der Waals surface area contributed by atoms with Crippen LogP contribution in [-0.2, 0) is 17.7 Å². The number of rotatable bonds is 8. The van der Waals surface area contributed by atoms with Gasteiger partial charge in [-0.3, -0.25) is 4.68 Å². The topological polar surface area (TPSA) is 66.2 Å². The predicted octanol–water partition coefficient (Wildman–Crippen LogP) is 5.53. The van der Waals surface area contributed by atoms with E-state index in [9.17, 15) is 26.7 Å². The first-order valence-corrected chi connectivity index (χ1v) is 9.65. The Kier molecular flexibility index (Phi) is 7.51. The zero-order valence-electron chi connectivity index (χ0n) is 17.2. The normalized spacial score (nSPS) is 12.4. The number of esters is 1. The minimum Gasteiger partial charge on any atom is -0.461 e. The van der Waals surface area contributed by atoms with Crippen molar-refractivity contribution in [1.29, 1.82) is 0 Å². The minimum absolute atomic E-state index is 0.0521. The average molecular weight is 470 g/mol. The van der Waals surface area contributed by atoms with Crippen LogP contribution in [0.3, 0.4) is 0 Å². The number of alkyl halides is 5. The second-order valence-electron chi connectivity index (χ2n) is 7.14. The number of aryl methyl sites for hydroxylation is 1. The maximum absolute atomic E-state index is 13.2. The van der Waals surface area contributed by atoms with Crippen molar-refractivity contribution in [2.24, 2.45) is 5.41 Å². The highest BCUT2D eigenvalue weighted by Gasteiger charge is 2.47. The molecule has 2 rings (SSSR count). The Bertz CT molecular complexity index is 945. The van der Waals surface area contributed by atoms with Gasteiger partial charge >= 0.3 is 18.8 Å². The van der Waals surface area contributed by atoms with Gasteiger partial charge in [0.2, 0.25) is 5.88 Å². The SMILES string of the molecule is CCOC(=O)c1nn(CC)c(-c2ccc(CC(C)(C)C(F)(F)F)nc2OC(F)F)c1Cl. The summed E-state index contributed by atoms with van der Waals surface area (Å²) in [6, 6.07) is 2.52. The monoisotopic (exact) mass is 469 g/mol. The third-order valence-corrected chi connectivity index (χ3v) is 4.79. The summed E-state index contributed by atoms with van der Waals surface area (Å²) in [6.45, 7) is 2.18. The molecule has 0 saturated heterocycles. The van der Waals surface area contributed by atoms with Crippen molar-refractivity contribution in [3.63, 3.8) is 0 Å². The highest BCUT2D eigenvalue weighted by molar-refractivity contribution is 6.35. The van der Waals surface area contributed by atoms with Crippen LogP contribution in [0.4, 0.5) is 22.0 Å². The van der Waals surface area contributed by atoms with Crippen LogP contribution in [0.5, 0.6) is 5.88 Å². The number of nitrogens with zero attached hydrogens (tertiary/aromatic N) is 3. The van der Waals surface area contributed by atoms with Crippen LogP contribution in [0.15, 0.2) is 12.1 Å². The molecule has 0 N–H and O–H groups in total. The number of pyridine rings is 1. The van der Waals surface area contributed by atoms with Gasteiger partial charge in [-0.15, -0.1) is 0 Å². The molecule has 0 unspecified atom stereocenters. The molecular weight excluding hydrogens is 449 g/mol. The fraction of sp³-hybridized carbons (Fsp3) is 0.526. The molecular formula is C19H21ClF5N3O3. The van der Waals surface area contributed by atoms with Gasteiger partial charge in [0.05, 0.1) is 23.3 Å². The van der Waals surface area contributed by atoms with Gasteiger partial charge in [-0.2, -0.15) is 27.1 Å². The summed E-state index contributed by atoms with van der Waals surface area (Å²) < 4.78 is 76.3. The highest BCUT2D eigenvalue weighted by Crippen LogP contribution is 2.41. The number of carbonyl (C=O) groups is 1. The molecule has 2 heterocycles. The summed E-state index contributed by atoms with van der Waals surface area (Å²) in [6.07, 6.45) is -5.10. The van der Waals surface area contributed by atoms with Gasteiger partial charge in [0.15, 0.2) is 5.69 Å². The Labute approximate surface area is 180 Å². The first-order chi connectivity index (χ1) is 14.3. The molecule has 2 aromatic rings. The smallest absolute Gasteiger partial charge is 0.394 e. The van der Waals surface area contributed by atoms with E-state index in [2.05, 4.69) is 14.8 Å². The number of aromatic nitrogens is 3. The first kappa shape index (κ1) is 24.8. The van der Waals surface area contributed by atoms with Crippen LogP contribution in [0, 0.1) is 5.41 Å². The maximum Gasteiger partial charge on any atom is 0.394 e. The molecule has 0 aliphatic heterocycles. The molecule has 6 nitrogen and oxygen atoms in total. The standard InChI is InChI=1S/C19H21ClF5N3O3/c1-5-28-14(12(20)13(27-28)16(29)30-6-2)11-8-7-10(26-15(11)31-17(21)22)9-18(3,4)19(23,24)25/h7-8,17H,5-6,9H2,1-4H3. The highest BCUT2D eigenvalue weighted by atomic mass is 35.5. The third-order valence-electron chi connectivity index (χ3n) is 4.43. The van der Waals surface area contributed by atoms with Crippen LogP contribution in [0.1, 0.15) is 43.9 Å². The molecule has 0 atom stereocenters. The zero-order chi connectivity index (χ0) is 23.6. The Balaban J connectivity index is 2.60. The molecule has 0 aliphatic rings. The summed E-state index contributed by atoms with van der Waals surface area (Å²) >= 11 is 6.28. The number of ether oxygens (including phenoxy) is 2. The summed E-state index contributed by atoms with van der Waals surface area (Å²) in [5, 5.41) is 3.87. The van der Waals surface area contributed by atoms with E-state index in [1.54, 1.807) is 13.8 Å².